The highest BCUT2D eigenvalue weighted by atomic mass is 32.1. The van der Waals surface area contributed by atoms with E-state index < -0.39 is 0 Å². The van der Waals surface area contributed by atoms with Gasteiger partial charge in [0.15, 0.2) is 0 Å². The average Bonchev–Trinajstić information content (AvgIpc) is 1.83. The second-order valence-corrected chi connectivity index (χ2v) is 1.61. The van der Waals surface area contributed by atoms with Crippen LogP contribution in [0.25, 0.3) is 0 Å². The van der Waals surface area contributed by atoms with Gasteiger partial charge in [0.25, 0.3) is 0 Å². The molecule has 1 nitrogen and oxygen atoms in total. The minimum Gasteiger partial charge on any atom is -0.255 e. The number of nitrogens with zero attached hydrogens (tertiary/aromatic N) is 1. The van der Waals surface area contributed by atoms with E-state index in [0.717, 1.165) is 12.1 Å². The van der Waals surface area contributed by atoms with Gasteiger partial charge in [-0.05, 0) is 13.3 Å². The summed E-state index contributed by atoms with van der Waals surface area (Å²) in [5.41, 5.74) is 2.60. The molecular formula is C6H11NS. The van der Waals surface area contributed by atoms with Crippen molar-refractivity contribution >= 4 is 18.2 Å². The lowest BCUT2D eigenvalue weighted by Gasteiger charge is -1.89. The van der Waals surface area contributed by atoms with Crippen molar-refractivity contribution in [2.24, 2.45) is 4.99 Å². The highest BCUT2D eigenvalue weighted by molar-refractivity contribution is 7.94. The molecule has 0 fully saturated rings. The number of aliphatic imine (C=N–C) groups is 1. The Morgan fingerprint density at radius 3 is 2.50 bits per heavy atom. The highest BCUT2D eigenvalue weighted by Gasteiger charge is 1.81. The van der Waals surface area contributed by atoms with E-state index in [1.807, 2.05) is 13.0 Å². The van der Waals surface area contributed by atoms with Gasteiger partial charge in [-0.2, -0.15) is 0 Å². The van der Waals surface area contributed by atoms with Crippen molar-refractivity contribution in [2.75, 3.05) is 0 Å². The van der Waals surface area contributed by atoms with Gasteiger partial charge in [0.2, 0.25) is 0 Å². The molecule has 0 saturated carbocycles. The summed E-state index contributed by atoms with van der Waals surface area (Å²) < 4.78 is 0. The fraction of sp³-hybridized carbons (Fsp3) is 0.500. The molecule has 0 aliphatic carbocycles. The predicted molar refractivity (Wildman–Crippen MR) is 41.5 cm³/mol. The molecule has 0 saturated heterocycles. The van der Waals surface area contributed by atoms with E-state index in [2.05, 4.69) is 24.5 Å². The third kappa shape index (κ3) is 2.86. The van der Waals surface area contributed by atoms with Crippen LogP contribution in [0.5, 0.6) is 0 Å². The van der Waals surface area contributed by atoms with Gasteiger partial charge in [-0.25, -0.2) is 0 Å². The standard InChI is InChI=1S/C6H11NS/c1-3-6(4-2)7-5-8/h3,5H,4H2,1-2H3,(H,7,8)/b6-3-. The third-order valence-electron chi connectivity index (χ3n) is 0.919. The zero-order valence-electron chi connectivity index (χ0n) is 5.26. The fourth-order valence-corrected chi connectivity index (χ4v) is 0.592. The van der Waals surface area contributed by atoms with Crippen molar-refractivity contribution < 1.29 is 0 Å². The summed E-state index contributed by atoms with van der Waals surface area (Å²) in [6, 6.07) is 0. The maximum absolute atomic E-state index is 3.96. The first kappa shape index (κ1) is 7.76. The Hall–Kier alpha value is -0.240. The summed E-state index contributed by atoms with van der Waals surface area (Å²) in [6.07, 6.45) is 2.96. The number of hydrogen-bond donors (Lipinski definition) is 1. The Morgan fingerprint density at radius 1 is 1.75 bits per heavy atom. The van der Waals surface area contributed by atoms with Crippen LogP contribution in [0.3, 0.4) is 0 Å². The van der Waals surface area contributed by atoms with Gasteiger partial charge in [0.1, 0.15) is 0 Å². The van der Waals surface area contributed by atoms with Crippen LogP contribution in [0.15, 0.2) is 16.8 Å². The molecule has 46 valence electrons. The molecule has 0 rings (SSSR count). The number of rotatable bonds is 2. The molecule has 0 aromatic heterocycles. The Morgan fingerprint density at radius 2 is 2.38 bits per heavy atom. The van der Waals surface area contributed by atoms with E-state index in [0.29, 0.717) is 0 Å². The van der Waals surface area contributed by atoms with Crippen LogP contribution >= 0.6 is 12.6 Å². The fourth-order valence-electron chi connectivity index (χ4n) is 0.444. The lowest BCUT2D eigenvalue weighted by atomic mass is 10.3. The van der Waals surface area contributed by atoms with Crippen molar-refractivity contribution in [3.63, 3.8) is 0 Å². The number of allylic oxidation sites excluding steroid dienone is 2. The molecule has 0 aliphatic heterocycles. The smallest absolute Gasteiger partial charge is 0.0569 e. The first-order chi connectivity index (χ1) is 3.85. The molecule has 0 aromatic carbocycles. The van der Waals surface area contributed by atoms with Crippen LogP contribution in [0.2, 0.25) is 0 Å². The van der Waals surface area contributed by atoms with E-state index >= 15 is 0 Å². The van der Waals surface area contributed by atoms with Crippen molar-refractivity contribution in [1.29, 1.82) is 0 Å². The molecule has 8 heavy (non-hydrogen) atoms. The van der Waals surface area contributed by atoms with Gasteiger partial charge in [-0.3, -0.25) is 4.99 Å². The van der Waals surface area contributed by atoms with Crippen molar-refractivity contribution in [3.8, 4) is 0 Å². The molecule has 0 heterocycles. The van der Waals surface area contributed by atoms with Crippen molar-refractivity contribution in [2.45, 2.75) is 20.3 Å². The summed E-state index contributed by atoms with van der Waals surface area (Å²) in [4.78, 5) is 3.96. The van der Waals surface area contributed by atoms with Gasteiger partial charge in [-0.1, -0.05) is 13.0 Å². The quantitative estimate of drug-likeness (QED) is 0.333. The van der Waals surface area contributed by atoms with Gasteiger partial charge >= 0.3 is 0 Å². The lowest BCUT2D eigenvalue weighted by molar-refractivity contribution is 1.07. The molecule has 0 spiro atoms. The first-order valence-electron chi connectivity index (χ1n) is 2.67. The Balaban J connectivity index is 3.72. The zero-order chi connectivity index (χ0) is 6.41. The second-order valence-electron chi connectivity index (χ2n) is 1.38. The highest BCUT2D eigenvalue weighted by Crippen LogP contribution is 1.99. The van der Waals surface area contributed by atoms with Gasteiger partial charge in [0, 0.05) is 5.70 Å². The molecule has 0 bridgehead atoms. The van der Waals surface area contributed by atoms with Crippen LogP contribution in [0, 0.1) is 0 Å². The Bertz CT molecular complexity index is 102. The van der Waals surface area contributed by atoms with Crippen LogP contribution in [-0.4, -0.2) is 5.55 Å². The average molecular weight is 129 g/mol. The topological polar surface area (TPSA) is 12.4 Å². The van der Waals surface area contributed by atoms with E-state index in [1.165, 1.54) is 5.55 Å². The minimum atomic E-state index is 0.980. The summed E-state index contributed by atoms with van der Waals surface area (Å²) in [7, 11) is 0. The number of hydrogen-bond acceptors (Lipinski definition) is 1. The molecule has 0 radical (unpaired) electrons. The maximum Gasteiger partial charge on any atom is 0.0569 e. The van der Waals surface area contributed by atoms with E-state index in [1.54, 1.807) is 0 Å². The van der Waals surface area contributed by atoms with E-state index in [4.69, 9.17) is 0 Å². The number of thiol groups is 1. The molecule has 0 amide bonds. The third-order valence-corrected chi connectivity index (χ3v) is 1.03. The minimum absolute atomic E-state index is 0.980. The Kier molecular flexibility index (Phi) is 4.76. The van der Waals surface area contributed by atoms with Crippen molar-refractivity contribution in [1.82, 2.24) is 0 Å². The molecule has 0 N–H and O–H groups in total. The van der Waals surface area contributed by atoms with E-state index in [-0.39, 0.29) is 0 Å². The van der Waals surface area contributed by atoms with Gasteiger partial charge in [-0.15, -0.1) is 12.6 Å². The zero-order valence-corrected chi connectivity index (χ0v) is 6.15. The molecular weight excluding hydrogens is 118 g/mol. The summed E-state index contributed by atoms with van der Waals surface area (Å²) in [6.45, 7) is 4.04. The second kappa shape index (κ2) is 4.91. The first-order valence-corrected chi connectivity index (χ1v) is 3.18. The summed E-state index contributed by atoms with van der Waals surface area (Å²) in [5.74, 6) is 0. The van der Waals surface area contributed by atoms with Gasteiger partial charge < -0.3 is 0 Å². The van der Waals surface area contributed by atoms with Crippen molar-refractivity contribution in [3.05, 3.63) is 11.8 Å². The van der Waals surface area contributed by atoms with Crippen LogP contribution in [-0.2, 0) is 0 Å². The molecule has 0 aromatic rings. The van der Waals surface area contributed by atoms with E-state index in [9.17, 15) is 0 Å². The SMILES string of the molecule is C/C=C(CC)\N=C/S. The van der Waals surface area contributed by atoms with Crippen LogP contribution < -0.4 is 0 Å². The molecule has 0 aliphatic rings. The van der Waals surface area contributed by atoms with Gasteiger partial charge in [0.05, 0.1) is 5.55 Å². The lowest BCUT2D eigenvalue weighted by Crippen LogP contribution is -1.70. The largest absolute Gasteiger partial charge is 0.255 e. The molecule has 0 unspecified atom stereocenters. The molecule has 0 atom stereocenters. The monoisotopic (exact) mass is 129 g/mol. The Labute approximate surface area is 55.9 Å². The summed E-state index contributed by atoms with van der Waals surface area (Å²) >= 11 is 3.84. The summed E-state index contributed by atoms with van der Waals surface area (Å²) in [5, 5.41) is 0. The molecule has 2 heteroatoms. The predicted octanol–water partition coefficient (Wildman–Crippen LogP) is 2.26. The maximum atomic E-state index is 3.96. The normalized spacial score (nSPS) is 13.1. The van der Waals surface area contributed by atoms with Crippen LogP contribution in [0.1, 0.15) is 20.3 Å². The van der Waals surface area contributed by atoms with Crippen LogP contribution in [0.4, 0.5) is 0 Å².